The van der Waals surface area contributed by atoms with Crippen LogP contribution in [-0.2, 0) is 11.8 Å². The molecule has 0 saturated carbocycles. The van der Waals surface area contributed by atoms with E-state index in [2.05, 4.69) is 0 Å². The molecule has 3 rings (SSSR count). The second-order valence-electron chi connectivity index (χ2n) is 6.24. The van der Waals surface area contributed by atoms with Crippen LogP contribution < -0.4 is 4.74 Å². The summed E-state index contributed by atoms with van der Waals surface area (Å²) in [6, 6.07) is 13.0. The minimum atomic E-state index is -0.578. The first-order valence-corrected chi connectivity index (χ1v) is 8.32. The molecule has 0 amide bonds. The molecule has 5 heteroatoms. The average molecular weight is 351 g/mol. The SMILES string of the molecule is COc1cc2ccccc2cc1C(=O)OCC(=O)c1cc(C)n(C)c1C. The summed E-state index contributed by atoms with van der Waals surface area (Å²) in [6.07, 6.45) is 0. The van der Waals surface area contributed by atoms with E-state index in [1.165, 1.54) is 7.11 Å². The molecule has 134 valence electrons. The van der Waals surface area contributed by atoms with Crippen LogP contribution in [0.25, 0.3) is 10.8 Å². The van der Waals surface area contributed by atoms with Crippen molar-refractivity contribution in [2.75, 3.05) is 13.7 Å². The Balaban J connectivity index is 1.80. The summed E-state index contributed by atoms with van der Waals surface area (Å²) in [6.45, 7) is 3.49. The minimum Gasteiger partial charge on any atom is -0.496 e. The molecule has 0 aliphatic heterocycles. The van der Waals surface area contributed by atoms with E-state index in [4.69, 9.17) is 9.47 Å². The first-order valence-electron chi connectivity index (χ1n) is 8.32. The number of carbonyl (C=O) groups is 2. The van der Waals surface area contributed by atoms with Crippen LogP contribution in [0.4, 0.5) is 0 Å². The van der Waals surface area contributed by atoms with Crippen molar-refractivity contribution in [1.29, 1.82) is 0 Å². The quantitative estimate of drug-likeness (QED) is 0.518. The normalized spacial score (nSPS) is 10.8. The molecule has 1 aromatic heterocycles. The summed E-state index contributed by atoms with van der Waals surface area (Å²) in [5, 5.41) is 1.87. The molecule has 5 nitrogen and oxygen atoms in total. The lowest BCUT2D eigenvalue weighted by atomic mass is 10.1. The molecule has 0 unspecified atom stereocenters. The number of esters is 1. The Morgan fingerprint density at radius 2 is 1.65 bits per heavy atom. The largest absolute Gasteiger partial charge is 0.496 e. The number of aryl methyl sites for hydroxylation is 1. The van der Waals surface area contributed by atoms with Crippen molar-refractivity contribution in [3.8, 4) is 5.75 Å². The number of hydrogen-bond donors (Lipinski definition) is 0. The van der Waals surface area contributed by atoms with E-state index in [9.17, 15) is 9.59 Å². The highest BCUT2D eigenvalue weighted by atomic mass is 16.5. The average Bonchev–Trinajstić information content (AvgIpc) is 2.92. The third kappa shape index (κ3) is 3.20. The standard InChI is InChI=1S/C21H21NO4/c1-13-9-17(14(2)22(13)3)19(23)12-26-21(24)18-10-15-7-5-6-8-16(15)11-20(18)25-4/h5-11H,12H2,1-4H3. The Hall–Kier alpha value is -3.08. The summed E-state index contributed by atoms with van der Waals surface area (Å²) in [5.41, 5.74) is 2.71. The number of ketones is 1. The molecule has 26 heavy (non-hydrogen) atoms. The maximum absolute atomic E-state index is 12.5. The van der Waals surface area contributed by atoms with Gasteiger partial charge in [0.25, 0.3) is 0 Å². The smallest absolute Gasteiger partial charge is 0.342 e. The van der Waals surface area contributed by atoms with Crippen molar-refractivity contribution in [2.45, 2.75) is 13.8 Å². The van der Waals surface area contributed by atoms with Crippen LogP contribution in [-0.4, -0.2) is 30.0 Å². The maximum atomic E-state index is 12.5. The van der Waals surface area contributed by atoms with Crippen LogP contribution in [0.5, 0.6) is 5.75 Å². The van der Waals surface area contributed by atoms with Crippen LogP contribution in [0.1, 0.15) is 32.1 Å². The van der Waals surface area contributed by atoms with Gasteiger partial charge in [-0.2, -0.15) is 0 Å². The molecule has 0 N–H and O–H groups in total. The van der Waals surface area contributed by atoms with Crippen LogP contribution in [0, 0.1) is 13.8 Å². The molecule has 0 bridgehead atoms. The maximum Gasteiger partial charge on any atom is 0.342 e. The van der Waals surface area contributed by atoms with Gasteiger partial charge in [-0.1, -0.05) is 24.3 Å². The number of rotatable bonds is 5. The van der Waals surface area contributed by atoms with Gasteiger partial charge in [0, 0.05) is 24.0 Å². The van der Waals surface area contributed by atoms with Gasteiger partial charge in [-0.15, -0.1) is 0 Å². The number of aromatic nitrogens is 1. The van der Waals surface area contributed by atoms with Gasteiger partial charge in [0.2, 0.25) is 5.78 Å². The number of benzene rings is 2. The molecule has 0 saturated heterocycles. The lowest BCUT2D eigenvalue weighted by molar-refractivity contribution is 0.0471. The molecule has 0 aliphatic rings. The van der Waals surface area contributed by atoms with Crippen LogP contribution in [0.2, 0.25) is 0 Å². The highest BCUT2D eigenvalue weighted by Gasteiger charge is 2.19. The number of nitrogens with zero attached hydrogens (tertiary/aromatic N) is 1. The van der Waals surface area contributed by atoms with Crippen molar-refractivity contribution >= 4 is 22.5 Å². The van der Waals surface area contributed by atoms with E-state index in [1.54, 1.807) is 12.1 Å². The van der Waals surface area contributed by atoms with Crippen molar-refractivity contribution in [3.63, 3.8) is 0 Å². The van der Waals surface area contributed by atoms with Crippen LogP contribution >= 0.6 is 0 Å². The summed E-state index contributed by atoms with van der Waals surface area (Å²) >= 11 is 0. The lowest BCUT2D eigenvalue weighted by Crippen LogP contribution is -2.15. The van der Waals surface area contributed by atoms with Crippen molar-refractivity contribution in [2.24, 2.45) is 7.05 Å². The first-order chi connectivity index (χ1) is 12.4. The molecule has 0 fully saturated rings. The van der Waals surface area contributed by atoms with E-state index in [0.29, 0.717) is 16.9 Å². The summed E-state index contributed by atoms with van der Waals surface area (Å²) in [4.78, 5) is 24.9. The molecule has 1 heterocycles. The molecule has 0 aliphatic carbocycles. The van der Waals surface area contributed by atoms with E-state index in [-0.39, 0.29) is 12.4 Å². The Bertz CT molecular complexity index is 1000. The van der Waals surface area contributed by atoms with E-state index in [0.717, 1.165) is 22.2 Å². The van der Waals surface area contributed by atoms with Gasteiger partial charge in [0.05, 0.1) is 7.11 Å². The number of Topliss-reactive ketones (excluding diaryl/α,β-unsaturated/α-hetero) is 1. The predicted molar refractivity (Wildman–Crippen MR) is 100 cm³/mol. The topological polar surface area (TPSA) is 57.5 Å². The van der Waals surface area contributed by atoms with Crippen LogP contribution in [0.3, 0.4) is 0 Å². The highest BCUT2D eigenvalue weighted by molar-refractivity contribution is 6.02. The van der Waals surface area contributed by atoms with Gasteiger partial charge < -0.3 is 14.0 Å². The Labute approximate surface area is 152 Å². The van der Waals surface area contributed by atoms with Gasteiger partial charge in [-0.25, -0.2) is 4.79 Å². The molecule has 0 spiro atoms. The Morgan fingerprint density at radius 3 is 2.23 bits per heavy atom. The summed E-state index contributed by atoms with van der Waals surface area (Å²) in [7, 11) is 3.40. The number of methoxy groups -OCH3 is 1. The van der Waals surface area contributed by atoms with Gasteiger partial charge in [0.1, 0.15) is 11.3 Å². The van der Waals surface area contributed by atoms with E-state index in [1.807, 2.05) is 55.8 Å². The zero-order chi connectivity index (χ0) is 18.8. The number of ether oxygens (including phenoxy) is 2. The fourth-order valence-electron chi connectivity index (χ4n) is 2.97. The van der Waals surface area contributed by atoms with Gasteiger partial charge >= 0.3 is 5.97 Å². The van der Waals surface area contributed by atoms with Gasteiger partial charge in [-0.05, 0) is 42.8 Å². The van der Waals surface area contributed by atoms with Crippen molar-refractivity contribution in [1.82, 2.24) is 4.57 Å². The highest BCUT2D eigenvalue weighted by Crippen LogP contribution is 2.26. The van der Waals surface area contributed by atoms with E-state index < -0.39 is 5.97 Å². The third-order valence-corrected chi connectivity index (χ3v) is 4.70. The number of hydrogen-bond acceptors (Lipinski definition) is 4. The minimum absolute atomic E-state index is 0.223. The second-order valence-corrected chi connectivity index (χ2v) is 6.24. The predicted octanol–water partition coefficient (Wildman–Crippen LogP) is 3.84. The fourth-order valence-corrected chi connectivity index (χ4v) is 2.97. The third-order valence-electron chi connectivity index (χ3n) is 4.70. The Morgan fingerprint density at radius 1 is 1.00 bits per heavy atom. The van der Waals surface area contributed by atoms with Gasteiger partial charge in [0.15, 0.2) is 6.61 Å². The molecule has 0 atom stereocenters. The Kier molecular flexibility index (Phi) is 4.80. The molecular formula is C21H21NO4. The van der Waals surface area contributed by atoms with Crippen molar-refractivity contribution in [3.05, 3.63) is 65.0 Å². The zero-order valence-electron chi connectivity index (χ0n) is 15.3. The van der Waals surface area contributed by atoms with Crippen LogP contribution in [0.15, 0.2) is 42.5 Å². The van der Waals surface area contributed by atoms with Gasteiger partial charge in [-0.3, -0.25) is 4.79 Å². The van der Waals surface area contributed by atoms with Crippen molar-refractivity contribution < 1.29 is 19.1 Å². The first kappa shape index (κ1) is 17.7. The number of carbonyl (C=O) groups excluding carboxylic acids is 2. The van der Waals surface area contributed by atoms with E-state index >= 15 is 0 Å². The molecular weight excluding hydrogens is 330 g/mol. The summed E-state index contributed by atoms with van der Waals surface area (Å²) in [5.74, 6) is -0.376. The lowest BCUT2D eigenvalue weighted by Gasteiger charge is -2.10. The number of fused-ring (bicyclic) bond motifs is 1. The summed E-state index contributed by atoms with van der Waals surface area (Å²) < 4.78 is 12.5. The zero-order valence-corrected chi connectivity index (χ0v) is 15.3. The second kappa shape index (κ2) is 7.04. The molecule has 3 aromatic rings. The molecule has 0 radical (unpaired) electrons. The monoisotopic (exact) mass is 351 g/mol. The fraction of sp³-hybridized carbons (Fsp3) is 0.238. The molecule has 2 aromatic carbocycles.